The van der Waals surface area contributed by atoms with Gasteiger partial charge in [0.2, 0.25) is 0 Å². The second-order valence-corrected chi connectivity index (χ2v) is 8.22. The molecule has 9 heteroatoms. The van der Waals surface area contributed by atoms with Crippen molar-refractivity contribution in [2.45, 2.75) is 17.9 Å². The van der Waals surface area contributed by atoms with Crippen LogP contribution in [0, 0.1) is 5.82 Å². The number of carbonyl (C=O) groups is 1. The molecule has 31 heavy (non-hydrogen) atoms. The van der Waals surface area contributed by atoms with E-state index >= 15 is 0 Å². The predicted octanol–water partition coefficient (Wildman–Crippen LogP) is 4.04. The quantitative estimate of drug-likeness (QED) is 0.547. The number of anilines is 2. The maximum Gasteiger partial charge on any atom is 0.265 e. The number of amides is 1. The van der Waals surface area contributed by atoms with Gasteiger partial charge in [0.25, 0.3) is 15.9 Å². The number of benzene rings is 3. The molecule has 3 aromatic carbocycles. The first-order valence-corrected chi connectivity index (χ1v) is 10.8. The molecule has 0 saturated carbocycles. The van der Waals surface area contributed by atoms with Gasteiger partial charge < -0.3 is 14.8 Å². The second kappa shape index (κ2) is 9.48. The van der Waals surface area contributed by atoms with Crippen molar-refractivity contribution >= 4 is 27.3 Å². The average Bonchev–Trinajstić information content (AvgIpc) is 2.76. The van der Waals surface area contributed by atoms with Gasteiger partial charge >= 0.3 is 0 Å². The molecule has 0 saturated heterocycles. The average molecular weight is 444 g/mol. The summed E-state index contributed by atoms with van der Waals surface area (Å²) in [6, 6.07) is 17.7. The van der Waals surface area contributed by atoms with Crippen LogP contribution in [0.15, 0.2) is 77.7 Å². The summed E-state index contributed by atoms with van der Waals surface area (Å²) in [4.78, 5) is 12.3. The van der Waals surface area contributed by atoms with E-state index in [4.69, 9.17) is 9.47 Å². The Morgan fingerprint density at radius 1 is 0.968 bits per heavy atom. The molecule has 1 amide bonds. The van der Waals surface area contributed by atoms with Gasteiger partial charge in [-0.3, -0.25) is 9.52 Å². The van der Waals surface area contributed by atoms with Gasteiger partial charge in [0.15, 0.2) is 6.10 Å². The van der Waals surface area contributed by atoms with Crippen LogP contribution in [0.25, 0.3) is 0 Å². The van der Waals surface area contributed by atoms with Crippen molar-refractivity contribution in [3.63, 3.8) is 0 Å². The molecule has 0 aliphatic carbocycles. The number of para-hydroxylation sites is 2. The van der Waals surface area contributed by atoms with Crippen molar-refractivity contribution in [2.24, 2.45) is 0 Å². The van der Waals surface area contributed by atoms with Crippen LogP contribution >= 0.6 is 0 Å². The lowest BCUT2D eigenvalue weighted by Crippen LogP contribution is -2.30. The maximum atomic E-state index is 13.0. The van der Waals surface area contributed by atoms with Crippen LogP contribution in [0.1, 0.15) is 6.92 Å². The predicted molar refractivity (Wildman–Crippen MR) is 115 cm³/mol. The van der Waals surface area contributed by atoms with E-state index in [0.717, 1.165) is 0 Å². The number of ether oxygens (including phenoxy) is 2. The van der Waals surface area contributed by atoms with Gasteiger partial charge in [0.1, 0.15) is 17.3 Å². The van der Waals surface area contributed by atoms with Crippen LogP contribution in [0.4, 0.5) is 15.8 Å². The number of methoxy groups -OCH3 is 1. The van der Waals surface area contributed by atoms with Gasteiger partial charge in [-0.1, -0.05) is 12.1 Å². The molecule has 0 bridgehead atoms. The van der Waals surface area contributed by atoms with Crippen molar-refractivity contribution in [1.82, 2.24) is 0 Å². The zero-order valence-electron chi connectivity index (χ0n) is 16.8. The fraction of sp³-hybridized carbons (Fsp3) is 0.136. The van der Waals surface area contributed by atoms with Crippen LogP contribution in [0.3, 0.4) is 0 Å². The molecule has 0 radical (unpaired) electrons. The fourth-order valence-corrected chi connectivity index (χ4v) is 3.74. The third kappa shape index (κ3) is 5.73. The molecule has 0 aliphatic rings. The monoisotopic (exact) mass is 444 g/mol. The molecule has 7 nitrogen and oxygen atoms in total. The van der Waals surface area contributed by atoms with Crippen LogP contribution in [0.2, 0.25) is 0 Å². The summed E-state index contributed by atoms with van der Waals surface area (Å²) in [5.74, 6) is -0.0928. The topological polar surface area (TPSA) is 93.7 Å². The van der Waals surface area contributed by atoms with E-state index in [-0.39, 0.29) is 4.90 Å². The highest BCUT2D eigenvalue weighted by atomic mass is 32.2. The molecular weight excluding hydrogens is 423 g/mol. The van der Waals surface area contributed by atoms with E-state index in [1.807, 2.05) is 0 Å². The van der Waals surface area contributed by atoms with Crippen LogP contribution in [-0.2, 0) is 14.8 Å². The number of sulfonamides is 1. The summed E-state index contributed by atoms with van der Waals surface area (Å²) >= 11 is 0. The van der Waals surface area contributed by atoms with E-state index < -0.39 is 27.9 Å². The van der Waals surface area contributed by atoms with E-state index in [2.05, 4.69) is 10.0 Å². The summed E-state index contributed by atoms with van der Waals surface area (Å²) < 4.78 is 51.3. The van der Waals surface area contributed by atoms with E-state index in [9.17, 15) is 17.6 Å². The van der Waals surface area contributed by atoms with Crippen LogP contribution < -0.4 is 19.5 Å². The zero-order chi connectivity index (χ0) is 22.4. The first kappa shape index (κ1) is 22.1. The van der Waals surface area contributed by atoms with E-state index in [1.165, 1.54) is 55.6 Å². The Bertz CT molecular complexity index is 1150. The summed E-state index contributed by atoms with van der Waals surface area (Å²) in [6.07, 6.45) is -0.846. The normalized spacial score (nSPS) is 12.0. The maximum absolute atomic E-state index is 13.0. The van der Waals surface area contributed by atoms with Gasteiger partial charge in [0, 0.05) is 5.69 Å². The fourth-order valence-electron chi connectivity index (χ4n) is 2.66. The Hall–Kier alpha value is -3.59. The van der Waals surface area contributed by atoms with E-state index in [0.29, 0.717) is 22.9 Å². The van der Waals surface area contributed by atoms with Crippen LogP contribution in [-0.4, -0.2) is 27.5 Å². The Morgan fingerprint density at radius 3 is 2.26 bits per heavy atom. The van der Waals surface area contributed by atoms with Crippen molar-refractivity contribution in [1.29, 1.82) is 0 Å². The van der Waals surface area contributed by atoms with Crippen LogP contribution in [0.5, 0.6) is 11.5 Å². The lowest BCUT2D eigenvalue weighted by Gasteiger charge is -2.15. The summed E-state index contributed by atoms with van der Waals surface area (Å²) in [6.45, 7) is 1.55. The number of hydrogen-bond acceptors (Lipinski definition) is 5. The number of nitrogens with one attached hydrogen (secondary N) is 2. The molecule has 2 N–H and O–H groups in total. The molecule has 1 atom stereocenters. The summed E-state index contributed by atoms with van der Waals surface area (Å²) in [5, 5.41) is 2.65. The molecule has 0 fully saturated rings. The van der Waals surface area contributed by atoms with E-state index in [1.54, 1.807) is 31.2 Å². The molecule has 3 rings (SSSR count). The van der Waals surface area contributed by atoms with Crippen molar-refractivity contribution in [2.75, 3.05) is 17.1 Å². The standard InChI is InChI=1S/C22H21FN2O5S/c1-15(30-18-11-7-16(23)8-12-18)22(26)24-17-9-13-19(14-10-17)31(27,28)25-20-5-3-4-6-21(20)29-2/h3-15,25H,1-2H3,(H,24,26). The summed E-state index contributed by atoms with van der Waals surface area (Å²) in [5.41, 5.74) is 0.713. The smallest absolute Gasteiger partial charge is 0.265 e. The van der Waals surface area contributed by atoms with Gasteiger partial charge in [-0.15, -0.1) is 0 Å². The number of hydrogen-bond donors (Lipinski definition) is 2. The Kier molecular flexibility index (Phi) is 6.76. The largest absolute Gasteiger partial charge is 0.495 e. The minimum atomic E-state index is -3.85. The highest BCUT2D eigenvalue weighted by molar-refractivity contribution is 7.92. The van der Waals surface area contributed by atoms with Gasteiger partial charge in [-0.2, -0.15) is 0 Å². The molecular formula is C22H21FN2O5S. The highest BCUT2D eigenvalue weighted by Crippen LogP contribution is 2.26. The molecule has 162 valence electrons. The first-order valence-electron chi connectivity index (χ1n) is 9.27. The second-order valence-electron chi connectivity index (χ2n) is 6.53. The van der Waals surface area contributed by atoms with Crippen molar-refractivity contribution in [3.05, 3.63) is 78.6 Å². The zero-order valence-corrected chi connectivity index (χ0v) is 17.6. The van der Waals surface area contributed by atoms with Gasteiger partial charge in [-0.25, -0.2) is 12.8 Å². The lowest BCUT2D eigenvalue weighted by molar-refractivity contribution is -0.122. The first-order chi connectivity index (χ1) is 14.8. The summed E-state index contributed by atoms with van der Waals surface area (Å²) in [7, 11) is -2.40. The minimum absolute atomic E-state index is 0.0204. The van der Waals surface area contributed by atoms with Gasteiger partial charge in [0.05, 0.1) is 17.7 Å². The Balaban J connectivity index is 1.65. The Morgan fingerprint density at radius 2 is 1.61 bits per heavy atom. The van der Waals surface area contributed by atoms with Crippen molar-refractivity contribution < 1.29 is 27.1 Å². The highest BCUT2D eigenvalue weighted by Gasteiger charge is 2.18. The van der Waals surface area contributed by atoms with Gasteiger partial charge in [-0.05, 0) is 67.6 Å². The molecule has 0 aliphatic heterocycles. The number of halogens is 1. The molecule has 1 unspecified atom stereocenters. The molecule has 3 aromatic rings. The number of carbonyl (C=O) groups excluding carboxylic acids is 1. The van der Waals surface area contributed by atoms with Crippen molar-refractivity contribution in [3.8, 4) is 11.5 Å². The minimum Gasteiger partial charge on any atom is -0.495 e. The SMILES string of the molecule is COc1ccccc1NS(=O)(=O)c1ccc(NC(=O)C(C)Oc2ccc(F)cc2)cc1. The number of rotatable bonds is 8. The molecule has 0 spiro atoms. The Labute approximate surface area is 179 Å². The third-order valence-electron chi connectivity index (χ3n) is 4.28. The molecule has 0 aromatic heterocycles. The third-order valence-corrected chi connectivity index (χ3v) is 5.66. The molecule has 0 heterocycles. The lowest BCUT2D eigenvalue weighted by atomic mass is 10.3.